The van der Waals surface area contributed by atoms with E-state index in [4.69, 9.17) is 0 Å². The molecule has 1 aliphatic rings. The highest BCUT2D eigenvalue weighted by atomic mass is 14.9. The molecule has 0 bridgehead atoms. The van der Waals surface area contributed by atoms with E-state index in [0.717, 1.165) is 6.54 Å². The van der Waals surface area contributed by atoms with Crippen LogP contribution < -0.4 is 5.32 Å². The number of hydrogen-bond acceptors (Lipinski definition) is 1. The Morgan fingerprint density at radius 2 is 2.56 bits per heavy atom. The summed E-state index contributed by atoms with van der Waals surface area (Å²) in [5.41, 5.74) is 2.49. The third-order valence-corrected chi connectivity index (χ3v) is 1.47. The first-order chi connectivity index (χ1) is 4.47. The second kappa shape index (κ2) is 1.65. The summed E-state index contributed by atoms with van der Waals surface area (Å²) in [5.74, 6) is 0. The van der Waals surface area contributed by atoms with Gasteiger partial charge in [0.1, 0.15) is 0 Å². The Bertz CT molecular complexity index is 235. The summed E-state index contributed by atoms with van der Waals surface area (Å²) in [6, 6.07) is 2.07. The van der Waals surface area contributed by atoms with Gasteiger partial charge in [-0.25, -0.2) is 0 Å². The second-order valence-corrected chi connectivity index (χ2v) is 2.06. The van der Waals surface area contributed by atoms with Crippen LogP contribution in [-0.4, -0.2) is 4.98 Å². The molecular weight excluding hydrogens is 112 g/mol. The minimum Gasteiger partial charge on any atom is -0.379 e. The van der Waals surface area contributed by atoms with E-state index in [1.807, 2.05) is 12.3 Å². The number of aromatic amines is 1. The average Bonchev–Trinajstić information content (AvgIpc) is 2.33. The molecular formula is C7H7N2. The molecule has 2 rings (SSSR count). The van der Waals surface area contributed by atoms with Gasteiger partial charge in [-0.15, -0.1) is 0 Å². The SMILES string of the molecule is [C]1=Cc2[nH]ccc2CN1. The summed E-state index contributed by atoms with van der Waals surface area (Å²) in [6.45, 7) is 0.898. The van der Waals surface area contributed by atoms with Crippen molar-refractivity contribution in [1.29, 1.82) is 0 Å². The molecule has 2 heteroatoms. The molecule has 0 aromatic carbocycles. The lowest BCUT2D eigenvalue weighted by atomic mass is 10.2. The molecule has 1 aliphatic heterocycles. The second-order valence-electron chi connectivity index (χ2n) is 2.06. The van der Waals surface area contributed by atoms with Gasteiger partial charge in [-0.3, -0.25) is 0 Å². The predicted molar refractivity (Wildman–Crippen MR) is 35.3 cm³/mol. The molecule has 0 aliphatic carbocycles. The number of fused-ring (bicyclic) bond motifs is 1. The number of aromatic nitrogens is 1. The third-order valence-electron chi connectivity index (χ3n) is 1.47. The largest absolute Gasteiger partial charge is 0.379 e. The van der Waals surface area contributed by atoms with Crippen molar-refractivity contribution >= 4 is 6.08 Å². The lowest BCUT2D eigenvalue weighted by Crippen LogP contribution is -2.09. The maximum absolute atomic E-state index is 3.10. The molecule has 1 radical (unpaired) electrons. The summed E-state index contributed by atoms with van der Waals surface area (Å²) in [5, 5.41) is 3.00. The molecule has 1 aromatic heterocycles. The summed E-state index contributed by atoms with van der Waals surface area (Å²) in [6.07, 6.45) is 6.78. The lowest BCUT2D eigenvalue weighted by molar-refractivity contribution is 0.836. The Morgan fingerprint density at radius 3 is 3.44 bits per heavy atom. The van der Waals surface area contributed by atoms with Gasteiger partial charge in [-0.05, 0) is 17.7 Å². The van der Waals surface area contributed by atoms with Gasteiger partial charge in [-0.2, -0.15) is 0 Å². The molecule has 45 valence electrons. The van der Waals surface area contributed by atoms with E-state index in [2.05, 4.69) is 22.6 Å². The van der Waals surface area contributed by atoms with Gasteiger partial charge in [0.15, 0.2) is 0 Å². The minimum atomic E-state index is 0.898. The highest BCUT2D eigenvalue weighted by Gasteiger charge is 2.01. The minimum absolute atomic E-state index is 0.898. The summed E-state index contributed by atoms with van der Waals surface area (Å²) in [7, 11) is 0. The van der Waals surface area contributed by atoms with Crippen molar-refractivity contribution in [3.8, 4) is 0 Å². The van der Waals surface area contributed by atoms with Gasteiger partial charge in [-0.1, -0.05) is 0 Å². The van der Waals surface area contributed by atoms with E-state index >= 15 is 0 Å². The topological polar surface area (TPSA) is 27.8 Å². The summed E-state index contributed by atoms with van der Waals surface area (Å²) < 4.78 is 0. The van der Waals surface area contributed by atoms with Gasteiger partial charge < -0.3 is 10.3 Å². The third kappa shape index (κ3) is 0.633. The quantitative estimate of drug-likeness (QED) is 0.521. The fourth-order valence-corrected chi connectivity index (χ4v) is 0.972. The van der Waals surface area contributed by atoms with E-state index in [-0.39, 0.29) is 0 Å². The average molecular weight is 119 g/mol. The number of rotatable bonds is 0. The lowest BCUT2D eigenvalue weighted by Gasteiger charge is -2.04. The van der Waals surface area contributed by atoms with Crippen LogP contribution in [0.1, 0.15) is 11.3 Å². The van der Waals surface area contributed by atoms with Gasteiger partial charge in [0.2, 0.25) is 0 Å². The van der Waals surface area contributed by atoms with E-state index in [9.17, 15) is 0 Å². The van der Waals surface area contributed by atoms with Crippen molar-refractivity contribution < 1.29 is 0 Å². The predicted octanol–water partition coefficient (Wildman–Crippen LogP) is 0.892. The Morgan fingerprint density at radius 1 is 1.56 bits per heavy atom. The standard InChI is InChI=1S/C7H7N2/c1-4-9-7-2-3-8-5-6(1)7/h1-2,4,8-9H,5H2. The molecule has 0 spiro atoms. The molecule has 0 saturated heterocycles. The van der Waals surface area contributed by atoms with Crippen LogP contribution >= 0.6 is 0 Å². The van der Waals surface area contributed by atoms with E-state index in [0.29, 0.717) is 0 Å². The number of hydrogen-bond donors (Lipinski definition) is 2. The van der Waals surface area contributed by atoms with Gasteiger partial charge in [0.05, 0.1) is 6.20 Å². The van der Waals surface area contributed by atoms with Crippen molar-refractivity contribution in [2.75, 3.05) is 0 Å². The summed E-state index contributed by atoms with van der Waals surface area (Å²) in [4.78, 5) is 3.10. The highest BCUT2D eigenvalue weighted by Crippen LogP contribution is 2.10. The van der Waals surface area contributed by atoms with Gasteiger partial charge >= 0.3 is 0 Å². The molecule has 1 aromatic rings. The van der Waals surface area contributed by atoms with Crippen LogP contribution in [0.25, 0.3) is 6.08 Å². The summed E-state index contributed by atoms with van der Waals surface area (Å²) >= 11 is 0. The Balaban J connectivity index is 2.53. The molecule has 0 fully saturated rings. The van der Waals surface area contributed by atoms with Crippen molar-refractivity contribution in [3.63, 3.8) is 0 Å². The van der Waals surface area contributed by atoms with Crippen LogP contribution in [0.5, 0.6) is 0 Å². The van der Waals surface area contributed by atoms with Crippen LogP contribution in [-0.2, 0) is 6.54 Å². The molecule has 2 heterocycles. The maximum Gasteiger partial charge on any atom is 0.0600 e. The van der Waals surface area contributed by atoms with Crippen molar-refractivity contribution in [2.45, 2.75) is 6.54 Å². The molecule has 0 atom stereocenters. The number of nitrogens with one attached hydrogen (secondary N) is 2. The van der Waals surface area contributed by atoms with E-state index in [1.165, 1.54) is 11.3 Å². The van der Waals surface area contributed by atoms with Gasteiger partial charge in [0, 0.05) is 18.4 Å². The Hall–Kier alpha value is -1.18. The van der Waals surface area contributed by atoms with Crippen LogP contribution in [0.2, 0.25) is 0 Å². The number of H-pyrrole nitrogens is 1. The highest BCUT2D eigenvalue weighted by molar-refractivity contribution is 5.49. The molecule has 2 nitrogen and oxygen atoms in total. The Labute approximate surface area is 53.6 Å². The molecule has 9 heavy (non-hydrogen) atoms. The normalized spacial score (nSPS) is 14.7. The molecule has 0 unspecified atom stereocenters. The molecule has 0 amide bonds. The Kier molecular flexibility index (Phi) is 0.859. The van der Waals surface area contributed by atoms with Crippen LogP contribution in [0.4, 0.5) is 0 Å². The van der Waals surface area contributed by atoms with Crippen LogP contribution in [0.3, 0.4) is 0 Å². The monoisotopic (exact) mass is 119 g/mol. The van der Waals surface area contributed by atoms with E-state index < -0.39 is 0 Å². The first-order valence-electron chi connectivity index (χ1n) is 2.95. The zero-order chi connectivity index (χ0) is 6.10. The maximum atomic E-state index is 3.10. The fourth-order valence-electron chi connectivity index (χ4n) is 0.972. The smallest absolute Gasteiger partial charge is 0.0600 e. The van der Waals surface area contributed by atoms with Crippen LogP contribution in [0.15, 0.2) is 12.3 Å². The first-order valence-corrected chi connectivity index (χ1v) is 2.95. The fraction of sp³-hybridized carbons (Fsp3) is 0.143. The molecule has 0 saturated carbocycles. The van der Waals surface area contributed by atoms with Crippen molar-refractivity contribution in [2.24, 2.45) is 0 Å². The van der Waals surface area contributed by atoms with Crippen molar-refractivity contribution in [1.82, 2.24) is 10.3 Å². The first kappa shape index (κ1) is 4.68. The zero-order valence-corrected chi connectivity index (χ0v) is 4.94. The molecule has 2 N–H and O–H groups in total. The van der Waals surface area contributed by atoms with Crippen molar-refractivity contribution in [3.05, 3.63) is 29.7 Å². The van der Waals surface area contributed by atoms with Gasteiger partial charge in [0.25, 0.3) is 0 Å². The van der Waals surface area contributed by atoms with E-state index in [1.54, 1.807) is 0 Å². The zero-order valence-electron chi connectivity index (χ0n) is 4.94. The van der Waals surface area contributed by atoms with Crippen LogP contribution in [0, 0.1) is 6.20 Å².